The smallest absolute Gasteiger partial charge is 0.332 e. The van der Waals surface area contributed by atoms with Gasteiger partial charge in [-0.3, -0.25) is 19.4 Å². The summed E-state index contributed by atoms with van der Waals surface area (Å²) in [6.45, 7) is 7.55. The van der Waals surface area contributed by atoms with Crippen molar-refractivity contribution in [2.24, 2.45) is 5.92 Å². The number of rotatable bonds is 7. The molecule has 2 aromatic carbocycles. The molecular weight excluding hydrogens is 378 g/mol. The molecule has 0 spiro atoms. The Labute approximate surface area is 177 Å². The largest absolute Gasteiger partial charge is 0.348 e. The molecule has 0 aliphatic carbocycles. The molecule has 1 saturated heterocycles. The molecule has 0 bridgehead atoms. The van der Waals surface area contributed by atoms with Crippen molar-refractivity contribution in [3.8, 4) is 0 Å². The van der Waals surface area contributed by atoms with Crippen LogP contribution in [0.15, 0.2) is 54.6 Å². The maximum absolute atomic E-state index is 12.9. The third kappa shape index (κ3) is 4.70. The van der Waals surface area contributed by atoms with E-state index in [2.05, 4.69) is 19.2 Å². The number of carbonyl (C=O) groups excluding carboxylic acids is 3. The van der Waals surface area contributed by atoms with Gasteiger partial charge >= 0.3 is 6.03 Å². The number of carbonyl (C=O) groups is 3. The average Bonchev–Trinajstić information content (AvgIpc) is 2.92. The van der Waals surface area contributed by atoms with E-state index in [1.165, 1.54) is 4.90 Å². The molecule has 1 N–H and O–H groups in total. The fourth-order valence-electron chi connectivity index (χ4n) is 3.73. The molecular formula is C24H29N3O3. The molecule has 1 aliphatic rings. The number of imide groups is 1. The summed E-state index contributed by atoms with van der Waals surface area (Å²) in [5, 5.41) is 3.01. The van der Waals surface area contributed by atoms with Gasteiger partial charge in [-0.2, -0.15) is 0 Å². The number of urea groups is 1. The summed E-state index contributed by atoms with van der Waals surface area (Å²) < 4.78 is 0. The van der Waals surface area contributed by atoms with Gasteiger partial charge < -0.3 is 5.32 Å². The number of amides is 4. The van der Waals surface area contributed by atoms with E-state index in [0.717, 1.165) is 22.4 Å². The van der Waals surface area contributed by atoms with Gasteiger partial charge in [0, 0.05) is 5.69 Å². The lowest BCUT2D eigenvalue weighted by Crippen LogP contribution is -2.42. The first-order chi connectivity index (χ1) is 14.3. The standard InChI is InChI=1S/C24H29N3O3/c1-16(2)14-21(19-8-6-5-7-9-19)25-22(28)15-26-23(29)18(4)27(24(26)30)20-12-10-17(3)11-13-20/h5-13,16,18,21H,14-15H2,1-4H3,(H,25,28)/t18-,21-/m1/s1. The Morgan fingerprint density at radius 3 is 2.27 bits per heavy atom. The highest BCUT2D eigenvalue weighted by Gasteiger charge is 2.44. The van der Waals surface area contributed by atoms with Gasteiger partial charge in [0.2, 0.25) is 5.91 Å². The zero-order valence-electron chi connectivity index (χ0n) is 18.0. The van der Waals surface area contributed by atoms with Crippen LogP contribution in [0.1, 0.15) is 44.4 Å². The molecule has 6 nitrogen and oxygen atoms in total. The third-order valence-corrected chi connectivity index (χ3v) is 5.31. The van der Waals surface area contributed by atoms with Crippen molar-refractivity contribution >= 4 is 23.5 Å². The van der Waals surface area contributed by atoms with Crippen LogP contribution in [0.2, 0.25) is 0 Å². The van der Waals surface area contributed by atoms with Gasteiger partial charge in [-0.05, 0) is 43.9 Å². The van der Waals surface area contributed by atoms with Gasteiger partial charge in [0.15, 0.2) is 0 Å². The normalized spacial score (nSPS) is 17.6. The molecule has 1 fully saturated rings. The molecule has 0 unspecified atom stereocenters. The van der Waals surface area contributed by atoms with Crippen LogP contribution in [-0.4, -0.2) is 35.3 Å². The van der Waals surface area contributed by atoms with Gasteiger partial charge in [0.05, 0.1) is 6.04 Å². The summed E-state index contributed by atoms with van der Waals surface area (Å²) >= 11 is 0. The number of nitrogens with one attached hydrogen (secondary N) is 1. The predicted octanol–water partition coefficient (Wildman–Crippen LogP) is 4.06. The summed E-state index contributed by atoms with van der Waals surface area (Å²) in [5.74, 6) is -0.331. The molecule has 0 aromatic heterocycles. The quantitative estimate of drug-likeness (QED) is 0.704. The first kappa shape index (κ1) is 21.6. The molecule has 1 heterocycles. The Balaban J connectivity index is 1.72. The highest BCUT2D eigenvalue weighted by Crippen LogP contribution is 2.26. The Morgan fingerprint density at radius 1 is 1.03 bits per heavy atom. The minimum Gasteiger partial charge on any atom is -0.348 e. The highest BCUT2D eigenvalue weighted by molar-refractivity contribution is 6.15. The lowest BCUT2D eigenvalue weighted by atomic mass is 9.97. The average molecular weight is 408 g/mol. The van der Waals surface area contributed by atoms with Crippen molar-refractivity contribution in [2.75, 3.05) is 11.4 Å². The third-order valence-electron chi connectivity index (χ3n) is 5.31. The molecule has 1 aliphatic heterocycles. The van der Waals surface area contributed by atoms with E-state index in [4.69, 9.17) is 0 Å². The first-order valence-corrected chi connectivity index (χ1v) is 10.3. The van der Waals surface area contributed by atoms with Crippen molar-refractivity contribution in [1.82, 2.24) is 10.2 Å². The Morgan fingerprint density at radius 2 is 1.67 bits per heavy atom. The minimum atomic E-state index is -0.645. The highest BCUT2D eigenvalue weighted by atomic mass is 16.2. The van der Waals surface area contributed by atoms with E-state index in [1.54, 1.807) is 6.92 Å². The first-order valence-electron chi connectivity index (χ1n) is 10.3. The topological polar surface area (TPSA) is 69.7 Å². The van der Waals surface area contributed by atoms with Gasteiger partial charge in [-0.1, -0.05) is 61.9 Å². The van der Waals surface area contributed by atoms with Crippen LogP contribution >= 0.6 is 0 Å². The number of benzene rings is 2. The van der Waals surface area contributed by atoms with E-state index in [-0.39, 0.29) is 24.4 Å². The molecule has 0 saturated carbocycles. The van der Waals surface area contributed by atoms with Crippen molar-refractivity contribution in [3.05, 3.63) is 65.7 Å². The zero-order chi connectivity index (χ0) is 21.8. The van der Waals surface area contributed by atoms with Gasteiger partial charge in [0.25, 0.3) is 5.91 Å². The molecule has 6 heteroatoms. The molecule has 4 amide bonds. The van der Waals surface area contributed by atoms with E-state index in [1.807, 2.05) is 61.5 Å². The summed E-state index contributed by atoms with van der Waals surface area (Å²) in [6.07, 6.45) is 0.767. The van der Waals surface area contributed by atoms with Crippen LogP contribution in [0.3, 0.4) is 0 Å². The Kier molecular flexibility index (Phi) is 6.55. The summed E-state index contributed by atoms with van der Waals surface area (Å²) in [4.78, 5) is 40.9. The van der Waals surface area contributed by atoms with Gasteiger partial charge in [-0.15, -0.1) is 0 Å². The van der Waals surface area contributed by atoms with Gasteiger partial charge in [-0.25, -0.2) is 4.79 Å². The van der Waals surface area contributed by atoms with Crippen LogP contribution < -0.4 is 10.2 Å². The van der Waals surface area contributed by atoms with Crippen LogP contribution in [0.4, 0.5) is 10.5 Å². The summed E-state index contributed by atoms with van der Waals surface area (Å²) in [6, 6.07) is 15.9. The van der Waals surface area contributed by atoms with Crippen molar-refractivity contribution in [3.63, 3.8) is 0 Å². The van der Waals surface area contributed by atoms with Crippen molar-refractivity contribution in [2.45, 2.75) is 46.2 Å². The van der Waals surface area contributed by atoms with Crippen LogP contribution in [-0.2, 0) is 9.59 Å². The predicted molar refractivity (Wildman–Crippen MR) is 117 cm³/mol. The number of anilines is 1. The molecule has 30 heavy (non-hydrogen) atoms. The van der Waals surface area contributed by atoms with Gasteiger partial charge in [0.1, 0.15) is 12.6 Å². The van der Waals surface area contributed by atoms with E-state index in [9.17, 15) is 14.4 Å². The van der Waals surface area contributed by atoms with Crippen LogP contribution in [0.25, 0.3) is 0 Å². The number of aryl methyl sites for hydroxylation is 1. The van der Waals surface area contributed by atoms with Crippen molar-refractivity contribution in [1.29, 1.82) is 0 Å². The van der Waals surface area contributed by atoms with Crippen molar-refractivity contribution < 1.29 is 14.4 Å². The lowest BCUT2D eigenvalue weighted by Gasteiger charge is -2.23. The SMILES string of the molecule is Cc1ccc(N2C(=O)N(CC(=O)N[C@H](CC(C)C)c3ccccc3)C(=O)[C@H]2C)cc1. The second-order valence-corrected chi connectivity index (χ2v) is 8.25. The van der Waals surface area contributed by atoms with E-state index in [0.29, 0.717) is 11.6 Å². The molecule has 0 radical (unpaired) electrons. The number of hydrogen-bond donors (Lipinski definition) is 1. The summed E-state index contributed by atoms with van der Waals surface area (Å²) in [7, 11) is 0. The van der Waals surface area contributed by atoms with E-state index < -0.39 is 12.1 Å². The number of hydrogen-bond acceptors (Lipinski definition) is 3. The molecule has 2 aromatic rings. The van der Waals surface area contributed by atoms with E-state index >= 15 is 0 Å². The zero-order valence-corrected chi connectivity index (χ0v) is 18.0. The van der Waals surface area contributed by atoms with Crippen LogP contribution in [0, 0.1) is 12.8 Å². The van der Waals surface area contributed by atoms with Crippen LogP contribution in [0.5, 0.6) is 0 Å². The summed E-state index contributed by atoms with van der Waals surface area (Å²) in [5.41, 5.74) is 2.72. The molecule has 2 atom stereocenters. The number of nitrogens with zero attached hydrogens (tertiary/aromatic N) is 2. The second-order valence-electron chi connectivity index (χ2n) is 8.25. The lowest BCUT2D eigenvalue weighted by molar-refractivity contribution is -0.132. The molecule has 158 valence electrons. The maximum Gasteiger partial charge on any atom is 0.332 e. The molecule has 3 rings (SSSR count). The maximum atomic E-state index is 12.9. The fourth-order valence-corrected chi connectivity index (χ4v) is 3.73. The Bertz CT molecular complexity index is 909. The Hall–Kier alpha value is -3.15. The monoisotopic (exact) mass is 407 g/mol. The fraction of sp³-hybridized carbons (Fsp3) is 0.375. The minimum absolute atomic E-state index is 0.169. The second kappa shape index (κ2) is 9.11.